The van der Waals surface area contributed by atoms with Crippen LogP contribution in [-0.4, -0.2) is 33.0 Å². The minimum atomic E-state index is -0.540. The lowest BCUT2D eigenvalue weighted by Gasteiger charge is -2.07. The second-order valence-corrected chi connectivity index (χ2v) is 6.03. The van der Waals surface area contributed by atoms with E-state index in [2.05, 4.69) is 25.3 Å². The number of carbonyl (C=O) groups is 1. The Bertz CT molecular complexity index is 1010. The Hall–Kier alpha value is -3.55. The van der Waals surface area contributed by atoms with Crippen LogP contribution in [0.25, 0.3) is 0 Å². The quantitative estimate of drug-likeness (QED) is 0.716. The molecule has 0 atom stereocenters. The number of aromatic nitrogens is 4. The first kappa shape index (κ1) is 18.2. The van der Waals surface area contributed by atoms with E-state index in [0.29, 0.717) is 12.2 Å². The molecule has 0 unspecified atom stereocenters. The number of benzene rings is 1. The lowest BCUT2D eigenvalue weighted by Crippen LogP contribution is -2.21. The molecule has 0 saturated carbocycles. The van der Waals surface area contributed by atoms with Gasteiger partial charge in [-0.2, -0.15) is 0 Å². The van der Waals surface area contributed by atoms with E-state index < -0.39 is 11.5 Å². The van der Waals surface area contributed by atoms with Crippen LogP contribution >= 0.6 is 0 Å². The van der Waals surface area contributed by atoms with E-state index in [-0.39, 0.29) is 11.6 Å². The van der Waals surface area contributed by atoms with Crippen molar-refractivity contribution in [3.8, 4) is 5.75 Å². The van der Waals surface area contributed by atoms with Gasteiger partial charge in [-0.05, 0) is 37.6 Å². The van der Waals surface area contributed by atoms with E-state index in [9.17, 15) is 9.59 Å². The Morgan fingerprint density at radius 2 is 1.74 bits per heavy atom. The van der Waals surface area contributed by atoms with Crippen molar-refractivity contribution < 1.29 is 9.53 Å². The maximum absolute atomic E-state index is 12.5. The fourth-order valence-corrected chi connectivity index (χ4v) is 2.59. The molecule has 0 aliphatic heterocycles. The number of anilines is 1. The number of ether oxygens (including phenoxy) is 1. The molecular formula is C19H19N5O3. The molecule has 2 aromatic heterocycles. The van der Waals surface area contributed by atoms with Gasteiger partial charge in [0.2, 0.25) is 5.95 Å². The number of aryl methyl sites for hydroxylation is 2. The zero-order valence-corrected chi connectivity index (χ0v) is 15.2. The van der Waals surface area contributed by atoms with Crippen molar-refractivity contribution in [1.29, 1.82) is 0 Å². The Balaban J connectivity index is 1.81. The number of rotatable bonds is 5. The standard InChI is InChI=1S/C19H19N5O3/c1-11-8-12(2)21-19(20-11)24-18(26)15-10-17(25)23-16(22-15)9-13-4-6-14(27-3)7-5-13/h4-8,10H,9H2,1-3H3,(H,22,23,25)(H,20,21,24,26). The smallest absolute Gasteiger partial charge is 0.276 e. The number of hydrogen-bond donors (Lipinski definition) is 2. The summed E-state index contributed by atoms with van der Waals surface area (Å²) in [7, 11) is 1.59. The van der Waals surface area contributed by atoms with Crippen LogP contribution in [0.3, 0.4) is 0 Å². The molecule has 0 fully saturated rings. The van der Waals surface area contributed by atoms with Crippen LogP contribution < -0.4 is 15.6 Å². The zero-order valence-electron chi connectivity index (χ0n) is 15.2. The molecule has 0 saturated heterocycles. The van der Waals surface area contributed by atoms with Crippen LogP contribution in [0.2, 0.25) is 0 Å². The normalized spacial score (nSPS) is 10.5. The van der Waals surface area contributed by atoms with Gasteiger partial charge in [0.15, 0.2) is 0 Å². The molecule has 138 valence electrons. The molecule has 0 aliphatic rings. The van der Waals surface area contributed by atoms with Gasteiger partial charge in [-0.3, -0.25) is 14.9 Å². The summed E-state index contributed by atoms with van der Waals surface area (Å²) in [5.74, 6) is 0.763. The number of hydrogen-bond acceptors (Lipinski definition) is 6. The van der Waals surface area contributed by atoms with Gasteiger partial charge in [0.1, 0.15) is 17.3 Å². The van der Waals surface area contributed by atoms with E-state index in [1.54, 1.807) is 13.2 Å². The number of methoxy groups -OCH3 is 1. The van der Waals surface area contributed by atoms with E-state index in [1.807, 2.05) is 38.1 Å². The number of nitrogens with zero attached hydrogens (tertiary/aromatic N) is 3. The highest BCUT2D eigenvalue weighted by Gasteiger charge is 2.13. The summed E-state index contributed by atoms with van der Waals surface area (Å²) in [6.07, 6.45) is 0.375. The number of nitrogens with one attached hydrogen (secondary N) is 2. The minimum Gasteiger partial charge on any atom is -0.497 e. The van der Waals surface area contributed by atoms with Gasteiger partial charge in [0.25, 0.3) is 11.5 Å². The molecule has 8 heteroatoms. The molecule has 2 N–H and O–H groups in total. The largest absolute Gasteiger partial charge is 0.497 e. The number of aromatic amines is 1. The molecule has 3 rings (SSSR count). The van der Waals surface area contributed by atoms with E-state index in [1.165, 1.54) is 0 Å². The fraction of sp³-hybridized carbons (Fsp3) is 0.211. The zero-order chi connectivity index (χ0) is 19.4. The summed E-state index contributed by atoms with van der Waals surface area (Å²) in [5, 5.41) is 2.58. The molecule has 0 bridgehead atoms. The van der Waals surface area contributed by atoms with Gasteiger partial charge in [-0.1, -0.05) is 12.1 Å². The molecule has 0 radical (unpaired) electrons. The Morgan fingerprint density at radius 3 is 2.37 bits per heavy atom. The lowest BCUT2D eigenvalue weighted by atomic mass is 10.1. The Labute approximate surface area is 155 Å². The average Bonchev–Trinajstić information content (AvgIpc) is 2.61. The molecule has 3 aromatic rings. The average molecular weight is 365 g/mol. The number of carbonyl (C=O) groups excluding carboxylic acids is 1. The summed E-state index contributed by atoms with van der Waals surface area (Å²) in [6.45, 7) is 3.62. The van der Waals surface area contributed by atoms with Gasteiger partial charge in [-0.25, -0.2) is 15.0 Å². The molecular weight excluding hydrogens is 346 g/mol. The first-order valence-electron chi connectivity index (χ1n) is 8.30. The Kier molecular flexibility index (Phi) is 5.25. The van der Waals surface area contributed by atoms with Crippen LogP contribution in [0, 0.1) is 13.8 Å². The molecule has 27 heavy (non-hydrogen) atoms. The van der Waals surface area contributed by atoms with Gasteiger partial charge < -0.3 is 9.72 Å². The van der Waals surface area contributed by atoms with Crippen LogP contribution in [0.1, 0.15) is 33.3 Å². The van der Waals surface area contributed by atoms with Crippen molar-refractivity contribution in [1.82, 2.24) is 19.9 Å². The summed E-state index contributed by atoms with van der Waals surface area (Å²) >= 11 is 0. The summed E-state index contributed by atoms with van der Waals surface area (Å²) in [5.41, 5.74) is 1.99. The summed E-state index contributed by atoms with van der Waals surface area (Å²) < 4.78 is 5.12. The third-order valence-corrected chi connectivity index (χ3v) is 3.76. The van der Waals surface area contributed by atoms with Crippen molar-refractivity contribution >= 4 is 11.9 Å². The van der Waals surface area contributed by atoms with Gasteiger partial charge in [0.05, 0.1) is 7.11 Å². The lowest BCUT2D eigenvalue weighted by molar-refractivity contribution is 0.102. The van der Waals surface area contributed by atoms with Crippen molar-refractivity contribution in [2.45, 2.75) is 20.3 Å². The highest BCUT2D eigenvalue weighted by molar-refractivity contribution is 6.01. The third-order valence-electron chi connectivity index (χ3n) is 3.76. The molecule has 0 aliphatic carbocycles. The van der Waals surface area contributed by atoms with Crippen LogP contribution in [-0.2, 0) is 6.42 Å². The van der Waals surface area contributed by atoms with Gasteiger partial charge in [0, 0.05) is 23.9 Å². The van der Waals surface area contributed by atoms with E-state index in [0.717, 1.165) is 28.8 Å². The Morgan fingerprint density at radius 1 is 1.07 bits per heavy atom. The second kappa shape index (κ2) is 7.77. The fourth-order valence-electron chi connectivity index (χ4n) is 2.59. The monoisotopic (exact) mass is 365 g/mol. The van der Waals surface area contributed by atoms with Crippen molar-refractivity contribution in [3.05, 3.63) is 75.2 Å². The predicted octanol–water partition coefficient (Wildman–Crippen LogP) is 2.03. The topological polar surface area (TPSA) is 110 Å². The summed E-state index contributed by atoms with van der Waals surface area (Å²) in [6, 6.07) is 10.3. The first-order valence-corrected chi connectivity index (χ1v) is 8.30. The van der Waals surface area contributed by atoms with Crippen LogP contribution in [0.5, 0.6) is 5.75 Å². The maximum Gasteiger partial charge on any atom is 0.276 e. The van der Waals surface area contributed by atoms with Crippen molar-refractivity contribution in [3.63, 3.8) is 0 Å². The number of H-pyrrole nitrogens is 1. The van der Waals surface area contributed by atoms with Crippen molar-refractivity contribution in [2.75, 3.05) is 12.4 Å². The second-order valence-electron chi connectivity index (χ2n) is 6.03. The minimum absolute atomic E-state index is 0.00465. The highest BCUT2D eigenvalue weighted by atomic mass is 16.5. The number of amides is 1. The van der Waals surface area contributed by atoms with E-state index >= 15 is 0 Å². The predicted molar refractivity (Wildman–Crippen MR) is 100 cm³/mol. The molecule has 8 nitrogen and oxygen atoms in total. The van der Waals surface area contributed by atoms with E-state index in [4.69, 9.17) is 4.74 Å². The van der Waals surface area contributed by atoms with Gasteiger partial charge >= 0.3 is 0 Å². The highest BCUT2D eigenvalue weighted by Crippen LogP contribution is 2.13. The SMILES string of the molecule is COc1ccc(Cc2nc(C(=O)Nc3nc(C)cc(C)n3)cc(=O)[nH]2)cc1. The third kappa shape index (κ3) is 4.75. The van der Waals surface area contributed by atoms with Crippen molar-refractivity contribution in [2.24, 2.45) is 0 Å². The molecule has 0 spiro atoms. The molecule has 2 heterocycles. The first-order chi connectivity index (χ1) is 12.9. The van der Waals surface area contributed by atoms with Crippen LogP contribution in [0.15, 0.2) is 41.2 Å². The van der Waals surface area contributed by atoms with Gasteiger partial charge in [-0.15, -0.1) is 0 Å². The maximum atomic E-state index is 12.5. The molecule has 1 aromatic carbocycles. The summed E-state index contributed by atoms with van der Waals surface area (Å²) in [4.78, 5) is 39.6. The van der Waals surface area contributed by atoms with Crippen LogP contribution in [0.4, 0.5) is 5.95 Å². The molecule has 1 amide bonds.